The van der Waals surface area contributed by atoms with Gasteiger partial charge in [0.2, 0.25) is 5.91 Å². The Hall–Kier alpha value is -2.25. The lowest BCUT2D eigenvalue weighted by Crippen LogP contribution is -2.33. The molecule has 4 N–H and O–H groups in total. The van der Waals surface area contributed by atoms with Crippen LogP contribution < -0.4 is 16.4 Å². The van der Waals surface area contributed by atoms with Crippen molar-refractivity contribution < 1.29 is 9.59 Å². The molecule has 2 aromatic rings. The summed E-state index contributed by atoms with van der Waals surface area (Å²) in [6.45, 7) is 0.574. The molecule has 0 fully saturated rings. The van der Waals surface area contributed by atoms with E-state index in [1.165, 1.54) is 17.0 Å². The fourth-order valence-electron chi connectivity index (χ4n) is 2.84. The monoisotopic (exact) mass is 344 g/mol. The van der Waals surface area contributed by atoms with Gasteiger partial charge < -0.3 is 16.4 Å². The molecule has 0 saturated heterocycles. The number of thiazole rings is 1. The zero-order valence-corrected chi connectivity index (χ0v) is 14.1. The summed E-state index contributed by atoms with van der Waals surface area (Å²) >= 11 is 1.73. The number of hydrogen-bond acceptors (Lipinski definition) is 5. The number of amides is 2. The van der Waals surface area contributed by atoms with Crippen molar-refractivity contribution in [3.05, 3.63) is 51.5 Å². The van der Waals surface area contributed by atoms with Crippen molar-refractivity contribution in [2.24, 2.45) is 5.73 Å². The number of primary amides is 1. The first-order valence-electron chi connectivity index (χ1n) is 7.94. The number of carbonyl (C=O) groups is 2. The highest BCUT2D eigenvalue weighted by atomic mass is 32.1. The molecule has 0 saturated carbocycles. The van der Waals surface area contributed by atoms with E-state index in [1.54, 1.807) is 23.5 Å². The van der Waals surface area contributed by atoms with E-state index in [9.17, 15) is 9.59 Å². The van der Waals surface area contributed by atoms with Gasteiger partial charge in [-0.05, 0) is 37.0 Å². The molecule has 2 amide bonds. The summed E-state index contributed by atoms with van der Waals surface area (Å²) in [5.41, 5.74) is 9.74. The van der Waals surface area contributed by atoms with E-state index in [0.717, 1.165) is 24.9 Å². The normalized spacial score (nSPS) is 16.4. The fourth-order valence-corrected chi connectivity index (χ4v) is 3.71. The van der Waals surface area contributed by atoms with E-state index in [0.29, 0.717) is 11.6 Å². The van der Waals surface area contributed by atoms with Crippen LogP contribution >= 0.6 is 11.3 Å². The molecule has 24 heavy (non-hydrogen) atoms. The van der Waals surface area contributed by atoms with Gasteiger partial charge in [-0.3, -0.25) is 9.59 Å². The van der Waals surface area contributed by atoms with E-state index in [4.69, 9.17) is 5.73 Å². The maximum atomic E-state index is 11.8. The Bertz CT molecular complexity index is 726. The summed E-state index contributed by atoms with van der Waals surface area (Å²) in [5.74, 6) is -0.856. The molecule has 6 nitrogen and oxygen atoms in total. The first-order chi connectivity index (χ1) is 11.6. The van der Waals surface area contributed by atoms with Gasteiger partial charge in [0.15, 0.2) is 0 Å². The molecule has 0 bridgehead atoms. The minimum atomic E-state index is -0.557. The molecule has 1 aromatic heterocycles. The molecule has 126 valence electrons. The fraction of sp³-hybridized carbons (Fsp3) is 0.353. The van der Waals surface area contributed by atoms with Gasteiger partial charge in [0, 0.05) is 17.0 Å². The Labute approximate surface area is 144 Å². The summed E-state index contributed by atoms with van der Waals surface area (Å²) in [6.07, 6.45) is 3.42. The highest BCUT2D eigenvalue weighted by Gasteiger charge is 2.22. The van der Waals surface area contributed by atoms with Gasteiger partial charge in [-0.1, -0.05) is 12.1 Å². The molecular formula is C17H20N4O2S. The van der Waals surface area contributed by atoms with Gasteiger partial charge in [-0.25, -0.2) is 4.98 Å². The molecule has 1 atom stereocenters. The van der Waals surface area contributed by atoms with Crippen LogP contribution in [0.15, 0.2) is 29.8 Å². The van der Waals surface area contributed by atoms with Gasteiger partial charge in [-0.2, -0.15) is 0 Å². The second-order valence-corrected chi connectivity index (χ2v) is 6.77. The zero-order valence-electron chi connectivity index (χ0n) is 13.2. The third-order valence-corrected chi connectivity index (χ3v) is 5.00. The van der Waals surface area contributed by atoms with Crippen LogP contribution in [0.5, 0.6) is 0 Å². The van der Waals surface area contributed by atoms with Crippen LogP contribution in [-0.2, 0) is 17.8 Å². The molecule has 0 aliphatic heterocycles. The van der Waals surface area contributed by atoms with Crippen LogP contribution in [-0.4, -0.2) is 23.3 Å². The molecule has 1 aromatic carbocycles. The van der Waals surface area contributed by atoms with Crippen LogP contribution in [0.1, 0.15) is 45.4 Å². The van der Waals surface area contributed by atoms with Crippen LogP contribution in [0.25, 0.3) is 0 Å². The number of benzene rings is 1. The number of fused-ring (bicyclic) bond motifs is 1. The molecule has 1 aliphatic carbocycles. The Morgan fingerprint density at radius 1 is 1.29 bits per heavy atom. The maximum absolute atomic E-state index is 11.8. The number of nitrogens with one attached hydrogen (secondary N) is 2. The maximum Gasteiger partial charge on any atom is 0.251 e. The zero-order chi connectivity index (χ0) is 16.9. The highest BCUT2D eigenvalue weighted by Crippen LogP contribution is 2.31. The molecule has 3 rings (SSSR count). The predicted molar refractivity (Wildman–Crippen MR) is 92.6 cm³/mol. The molecule has 0 radical (unpaired) electrons. The Balaban J connectivity index is 1.56. The van der Waals surface area contributed by atoms with Gasteiger partial charge in [0.25, 0.3) is 5.91 Å². The quantitative estimate of drug-likeness (QED) is 0.740. The number of carbonyl (C=O) groups excluding carboxylic acids is 2. The van der Waals surface area contributed by atoms with Gasteiger partial charge in [-0.15, -0.1) is 11.3 Å². The SMILES string of the molecule is NC(=O)CNC(=O)c1ccc(CNC2CCCc3scnc32)cc1. The van der Waals surface area contributed by atoms with Crippen LogP contribution in [0.3, 0.4) is 0 Å². The van der Waals surface area contributed by atoms with Gasteiger partial charge >= 0.3 is 0 Å². The Morgan fingerprint density at radius 3 is 2.83 bits per heavy atom. The summed E-state index contributed by atoms with van der Waals surface area (Å²) in [4.78, 5) is 28.4. The first kappa shape index (κ1) is 16.6. The minimum Gasteiger partial charge on any atom is -0.368 e. The van der Waals surface area contributed by atoms with E-state index >= 15 is 0 Å². The molecule has 1 heterocycles. The Morgan fingerprint density at radius 2 is 2.08 bits per heavy atom. The van der Waals surface area contributed by atoms with E-state index in [-0.39, 0.29) is 12.5 Å². The van der Waals surface area contributed by atoms with Crippen LogP contribution in [0.4, 0.5) is 0 Å². The highest BCUT2D eigenvalue weighted by molar-refractivity contribution is 7.09. The summed E-state index contributed by atoms with van der Waals surface area (Å²) in [6, 6.07) is 7.64. The third-order valence-electron chi connectivity index (χ3n) is 4.09. The Kier molecular flexibility index (Phi) is 5.22. The smallest absolute Gasteiger partial charge is 0.251 e. The van der Waals surface area contributed by atoms with Crippen molar-refractivity contribution in [3.63, 3.8) is 0 Å². The van der Waals surface area contributed by atoms with Crippen molar-refractivity contribution in [1.82, 2.24) is 15.6 Å². The largest absolute Gasteiger partial charge is 0.368 e. The topological polar surface area (TPSA) is 97.1 Å². The van der Waals surface area contributed by atoms with Gasteiger partial charge in [0.1, 0.15) is 0 Å². The average molecular weight is 344 g/mol. The minimum absolute atomic E-state index is 0.153. The van der Waals surface area contributed by atoms with Crippen molar-refractivity contribution >= 4 is 23.2 Å². The first-order valence-corrected chi connectivity index (χ1v) is 8.82. The van der Waals surface area contributed by atoms with Crippen molar-refractivity contribution in [2.45, 2.75) is 31.8 Å². The lowest BCUT2D eigenvalue weighted by molar-refractivity contribution is -0.117. The molecule has 0 spiro atoms. The molecule has 1 aliphatic rings. The predicted octanol–water partition coefficient (Wildman–Crippen LogP) is 1.53. The van der Waals surface area contributed by atoms with E-state index < -0.39 is 5.91 Å². The molecule has 1 unspecified atom stereocenters. The van der Waals surface area contributed by atoms with Gasteiger partial charge in [0.05, 0.1) is 23.8 Å². The molecule has 7 heteroatoms. The number of aromatic nitrogens is 1. The number of nitrogens with two attached hydrogens (primary N) is 1. The number of hydrogen-bond donors (Lipinski definition) is 3. The van der Waals surface area contributed by atoms with Crippen LogP contribution in [0, 0.1) is 0 Å². The third kappa shape index (κ3) is 3.98. The second-order valence-electron chi connectivity index (χ2n) is 5.83. The average Bonchev–Trinajstić information content (AvgIpc) is 3.07. The van der Waals surface area contributed by atoms with Crippen molar-refractivity contribution in [2.75, 3.05) is 6.54 Å². The number of rotatable bonds is 6. The number of nitrogens with zero attached hydrogens (tertiary/aromatic N) is 1. The molecular weight excluding hydrogens is 324 g/mol. The standard InChI is InChI=1S/C17H20N4O2S/c18-15(22)9-20-17(23)12-6-4-11(5-7-12)8-19-13-2-1-3-14-16(13)21-10-24-14/h4-7,10,13,19H,1-3,8-9H2,(H2,18,22)(H,20,23). The summed E-state index contributed by atoms with van der Waals surface area (Å²) in [5, 5.41) is 6.02. The lowest BCUT2D eigenvalue weighted by atomic mass is 9.97. The summed E-state index contributed by atoms with van der Waals surface area (Å²) in [7, 11) is 0. The summed E-state index contributed by atoms with van der Waals surface area (Å²) < 4.78 is 0. The number of aryl methyl sites for hydroxylation is 1. The lowest BCUT2D eigenvalue weighted by Gasteiger charge is -2.22. The van der Waals surface area contributed by atoms with Crippen molar-refractivity contribution in [3.8, 4) is 0 Å². The van der Waals surface area contributed by atoms with Crippen LogP contribution in [0.2, 0.25) is 0 Å². The van der Waals surface area contributed by atoms with Crippen molar-refractivity contribution in [1.29, 1.82) is 0 Å². The van der Waals surface area contributed by atoms with E-state index in [2.05, 4.69) is 15.6 Å². The van der Waals surface area contributed by atoms with E-state index in [1.807, 2.05) is 17.6 Å². The second kappa shape index (κ2) is 7.55.